The van der Waals surface area contributed by atoms with Gasteiger partial charge >= 0.3 is 0 Å². The van der Waals surface area contributed by atoms with Gasteiger partial charge in [-0.3, -0.25) is 0 Å². The number of fused-ring (bicyclic) bond motifs is 8. The smallest absolute Gasteiger partial charge is 0.0468 e. The predicted molar refractivity (Wildman–Crippen MR) is 167 cm³/mol. The van der Waals surface area contributed by atoms with Crippen LogP contribution in [0.25, 0.3) is 52.5 Å². The lowest BCUT2D eigenvalue weighted by Crippen LogP contribution is -2.09. The summed E-state index contributed by atoms with van der Waals surface area (Å²) in [7, 11) is 0. The second-order valence-corrected chi connectivity index (χ2v) is 10.9. The summed E-state index contributed by atoms with van der Waals surface area (Å²) in [5.41, 5.74) is 3.47. The number of thiophene rings is 1. The number of anilines is 3. The van der Waals surface area contributed by atoms with Crippen LogP contribution in [0.5, 0.6) is 0 Å². The molecule has 0 fully saturated rings. The Kier molecular flexibility index (Phi) is 4.76. The number of rotatable bonds is 3. The highest BCUT2D eigenvalue weighted by Gasteiger charge is 2.16. The summed E-state index contributed by atoms with van der Waals surface area (Å²) in [6.07, 6.45) is 0. The molecular weight excluding hydrogens is 478 g/mol. The Balaban J connectivity index is 1.37. The van der Waals surface area contributed by atoms with Crippen molar-refractivity contribution in [1.29, 1.82) is 0 Å². The molecule has 38 heavy (non-hydrogen) atoms. The third-order valence-corrected chi connectivity index (χ3v) is 8.75. The van der Waals surface area contributed by atoms with Crippen molar-refractivity contribution in [2.45, 2.75) is 0 Å². The van der Waals surface area contributed by atoms with E-state index in [1.807, 2.05) is 11.3 Å². The summed E-state index contributed by atoms with van der Waals surface area (Å²) in [4.78, 5) is 2.37. The highest BCUT2D eigenvalue weighted by molar-refractivity contribution is 7.25. The summed E-state index contributed by atoms with van der Waals surface area (Å²) >= 11 is 1.86. The third kappa shape index (κ3) is 3.31. The third-order valence-electron chi connectivity index (χ3n) is 7.60. The molecule has 0 bridgehead atoms. The zero-order chi connectivity index (χ0) is 25.1. The first kappa shape index (κ1) is 21.4. The van der Waals surface area contributed by atoms with Crippen LogP contribution < -0.4 is 4.90 Å². The average molecular weight is 502 g/mol. The molecule has 0 atom stereocenters. The van der Waals surface area contributed by atoms with Gasteiger partial charge in [0.25, 0.3) is 0 Å². The highest BCUT2D eigenvalue weighted by atomic mass is 32.1. The summed E-state index contributed by atoms with van der Waals surface area (Å²) in [5, 5.41) is 10.3. The van der Waals surface area contributed by atoms with E-state index in [-0.39, 0.29) is 0 Å². The summed E-state index contributed by atoms with van der Waals surface area (Å²) in [6, 6.07) is 50.8. The van der Waals surface area contributed by atoms with E-state index >= 15 is 0 Å². The molecule has 1 heterocycles. The summed E-state index contributed by atoms with van der Waals surface area (Å²) in [5.74, 6) is 0. The molecule has 0 unspecified atom stereocenters. The van der Waals surface area contributed by atoms with E-state index in [4.69, 9.17) is 0 Å². The fraction of sp³-hybridized carbons (Fsp3) is 0. The van der Waals surface area contributed by atoms with Crippen molar-refractivity contribution in [1.82, 2.24) is 0 Å². The summed E-state index contributed by atoms with van der Waals surface area (Å²) < 4.78 is 2.65. The molecule has 0 spiro atoms. The van der Waals surface area contributed by atoms with Crippen molar-refractivity contribution >= 4 is 80.9 Å². The Bertz CT molecular complexity index is 2140. The molecule has 0 aliphatic heterocycles. The van der Waals surface area contributed by atoms with Crippen LogP contribution in [0.4, 0.5) is 17.1 Å². The van der Waals surface area contributed by atoms with Gasteiger partial charge in [0.2, 0.25) is 0 Å². The fourth-order valence-electron chi connectivity index (χ4n) is 5.84. The number of hydrogen-bond donors (Lipinski definition) is 0. The molecule has 0 amide bonds. The SMILES string of the molecule is c1ccc(N(c2ccc3c(ccc4ccc5ccccc5c43)c2)c2ccc3sc4ccccc4c3c2)cc1. The Hall–Kier alpha value is -4.66. The first-order valence-corrected chi connectivity index (χ1v) is 13.8. The predicted octanol–water partition coefficient (Wildman–Crippen LogP) is 11.0. The van der Waals surface area contributed by atoms with Crippen LogP contribution in [0.1, 0.15) is 0 Å². The van der Waals surface area contributed by atoms with Gasteiger partial charge in [-0.15, -0.1) is 11.3 Å². The molecule has 7 aromatic carbocycles. The maximum atomic E-state index is 2.37. The maximum Gasteiger partial charge on any atom is 0.0468 e. The number of hydrogen-bond acceptors (Lipinski definition) is 2. The van der Waals surface area contributed by atoms with E-state index in [0.29, 0.717) is 0 Å². The van der Waals surface area contributed by atoms with Gasteiger partial charge in [0, 0.05) is 37.2 Å². The molecule has 0 saturated heterocycles. The molecule has 0 N–H and O–H groups in total. The minimum absolute atomic E-state index is 1.15. The minimum atomic E-state index is 1.15. The van der Waals surface area contributed by atoms with Crippen LogP contribution in [0.3, 0.4) is 0 Å². The lowest BCUT2D eigenvalue weighted by Gasteiger charge is -2.26. The molecule has 2 heteroatoms. The van der Waals surface area contributed by atoms with Crippen LogP contribution in [0.2, 0.25) is 0 Å². The van der Waals surface area contributed by atoms with Gasteiger partial charge in [0.15, 0.2) is 0 Å². The topological polar surface area (TPSA) is 3.24 Å². The van der Waals surface area contributed by atoms with E-state index in [1.165, 1.54) is 52.5 Å². The van der Waals surface area contributed by atoms with Gasteiger partial charge in [-0.2, -0.15) is 0 Å². The van der Waals surface area contributed by atoms with Crippen molar-refractivity contribution in [3.8, 4) is 0 Å². The zero-order valence-electron chi connectivity index (χ0n) is 20.6. The van der Waals surface area contributed by atoms with Crippen molar-refractivity contribution < 1.29 is 0 Å². The molecular formula is C36H23NS. The standard InChI is InChI=1S/C36H23NS/c1-2-9-27(10-3-1)37(29-19-21-35-33(23-29)32-12-6-7-13-34(32)38-35)28-18-20-31-26(22-28)17-16-25-15-14-24-8-4-5-11-30(24)36(25)31/h1-23H. The maximum absolute atomic E-state index is 2.37. The van der Waals surface area contributed by atoms with Gasteiger partial charge in [0.05, 0.1) is 0 Å². The van der Waals surface area contributed by atoms with Crippen LogP contribution in [0, 0.1) is 0 Å². The lowest BCUT2D eigenvalue weighted by atomic mass is 9.96. The molecule has 0 aliphatic carbocycles. The number of para-hydroxylation sites is 1. The van der Waals surface area contributed by atoms with Crippen LogP contribution >= 0.6 is 11.3 Å². The second-order valence-electron chi connectivity index (χ2n) is 9.81. The molecule has 8 aromatic rings. The van der Waals surface area contributed by atoms with Gasteiger partial charge in [-0.25, -0.2) is 0 Å². The first-order valence-electron chi connectivity index (χ1n) is 12.9. The average Bonchev–Trinajstić information content (AvgIpc) is 3.35. The van der Waals surface area contributed by atoms with Crippen LogP contribution in [-0.2, 0) is 0 Å². The second kappa shape index (κ2) is 8.44. The molecule has 8 rings (SSSR count). The fourth-order valence-corrected chi connectivity index (χ4v) is 6.93. The molecule has 1 aromatic heterocycles. The largest absolute Gasteiger partial charge is 0.310 e. The van der Waals surface area contributed by atoms with E-state index in [2.05, 4.69) is 144 Å². The molecule has 1 nitrogen and oxygen atoms in total. The Morgan fingerprint density at radius 3 is 1.89 bits per heavy atom. The Morgan fingerprint density at radius 2 is 1.00 bits per heavy atom. The lowest BCUT2D eigenvalue weighted by molar-refractivity contribution is 1.30. The molecule has 0 saturated carbocycles. The monoisotopic (exact) mass is 501 g/mol. The molecule has 178 valence electrons. The van der Waals surface area contributed by atoms with E-state index < -0.39 is 0 Å². The van der Waals surface area contributed by atoms with Crippen LogP contribution in [0.15, 0.2) is 140 Å². The summed E-state index contributed by atoms with van der Waals surface area (Å²) in [6.45, 7) is 0. The molecule has 0 radical (unpaired) electrons. The van der Waals surface area contributed by atoms with Crippen molar-refractivity contribution in [2.75, 3.05) is 4.90 Å². The Labute approximate surface area is 224 Å². The quantitative estimate of drug-likeness (QED) is 0.218. The minimum Gasteiger partial charge on any atom is -0.310 e. The normalized spacial score (nSPS) is 11.7. The highest BCUT2D eigenvalue weighted by Crippen LogP contribution is 2.42. The van der Waals surface area contributed by atoms with Gasteiger partial charge in [-0.05, 0) is 80.8 Å². The van der Waals surface area contributed by atoms with Gasteiger partial charge in [-0.1, -0.05) is 91.0 Å². The first-order chi connectivity index (χ1) is 18.8. The molecule has 0 aliphatic rings. The zero-order valence-corrected chi connectivity index (χ0v) is 21.5. The van der Waals surface area contributed by atoms with E-state index in [9.17, 15) is 0 Å². The van der Waals surface area contributed by atoms with Crippen LogP contribution in [-0.4, -0.2) is 0 Å². The number of nitrogens with zero attached hydrogens (tertiary/aromatic N) is 1. The van der Waals surface area contributed by atoms with E-state index in [1.54, 1.807) is 0 Å². The Morgan fingerprint density at radius 1 is 0.368 bits per heavy atom. The van der Waals surface area contributed by atoms with Crippen molar-refractivity contribution in [2.24, 2.45) is 0 Å². The van der Waals surface area contributed by atoms with Crippen molar-refractivity contribution in [3.05, 3.63) is 140 Å². The number of benzene rings is 7. The van der Waals surface area contributed by atoms with Crippen molar-refractivity contribution in [3.63, 3.8) is 0 Å². The van der Waals surface area contributed by atoms with Gasteiger partial charge < -0.3 is 4.90 Å². The van der Waals surface area contributed by atoms with Gasteiger partial charge in [0.1, 0.15) is 0 Å². The van der Waals surface area contributed by atoms with E-state index in [0.717, 1.165) is 17.1 Å².